The van der Waals surface area contributed by atoms with Crippen molar-refractivity contribution in [2.24, 2.45) is 11.7 Å². The minimum absolute atomic E-state index is 0.00508. The molecule has 3 rings (SSSR count). The number of hydrogen-bond donors (Lipinski definition) is 2. The van der Waals surface area contributed by atoms with E-state index >= 15 is 0 Å². The van der Waals surface area contributed by atoms with E-state index < -0.39 is 17.6 Å². The van der Waals surface area contributed by atoms with E-state index in [0.29, 0.717) is 17.7 Å². The molecule has 0 aliphatic carbocycles. The van der Waals surface area contributed by atoms with Gasteiger partial charge in [-0.05, 0) is 54.4 Å². The molecule has 0 aliphatic rings. The first kappa shape index (κ1) is 21.9. The monoisotopic (exact) mass is 445 g/mol. The smallest absolute Gasteiger partial charge is 0.227 e. The van der Waals surface area contributed by atoms with Crippen LogP contribution in [0.1, 0.15) is 29.8 Å². The van der Waals surface area contributed by atoms with Gasteiger partial charge in [0.15, 0.2) is 0 Å². The molecule has 1 heterocycles. The highest BCUT2D eigenvalue weighted by Gasteiger charge is 2.20. The number of nitrogens with one attached hydrogen (secondary N) is 1. The number of anilines is 1. The van der Waals surface area contributed by atoms with Crippen molar-refractivity contribution in [2.45, 2.75) is 19.4 Å². The van der Waals surface area contributed by atoms with Crippen LogP contribution >= 0.6 is 22.9 Å². The summed E-state index contributed by atoms with van der Waals surface area (Å²) in [4.78, 5) is 14.1. The predicted octanol–water partition coefficient (Wildman–Crippen LogP) is 5.88. The molecule has 0 fully saturated rings. The number of nitriles is 1. The first-order valence-corrected chi connectivity index (χ1v) is 10.3. The molecular weight excluding hydrogens is 428 g/mol. The van der Waals surface area contributed by atoms with Gasteiger partial charge in [-0.2, -0.15) is 5.26 Å². The molecule has 154 valence electrons. The van der Waals surface area contributed by atoms with Gasteiger partial charge in [-0.1, -0.05) is 24.6 Å². The Morgan fingerprint density at radius 3 is 2.63 bits per heavy atom. The summed E-state index contributed by atoms with van der Waals surface area (Å²) in [5.41, 5.74) is 7.35. The highest BCUT2D eigenvalue weighted by Crippen LogP contribution is 2.33. The van der Waals surface area contributed by atoms with Gasteiger partial charge in [0.2, 0.25) is 5.91 Å². The SMILES string of the molecule is C[C@H](C[C@H](N)c1ccc(-c2ccc(C#N)c(F)c2)s1)C(=O)Nc1ccc(F)c(Cl)c1. The number of hydrogen-bond acceptors (Lipinski definition) is 4. The number of carbonyl (C=O) groups is 1. The molecule has 8 heteroatoms. The number of halogens is 3. The van der Waals surface area contributed by atoms with Crippen LogP contribution in [0, 0.1) is 28.9 Å². The fourth-order valence-corrected chi connectivity index (χ4v) is 4.11. The summed E-state index contributed by atoms with van der Waals surface area (Å²) in [6.07, 6.45) is 0.391. The minimum Gasteiger partial charge on any atom is -0.326 e. The third-order valence-electron chi connectivity index (χ3n) is 4.61. The van der Waals surface area contributed by atoms with Crippen LogP contribution < -0.4 is 11.1 Å². The molecule has 30 heavy (non-hydrogen) atoms. The van der Waals surface area contributed by atoms with Crippen molar-refractivity contribution >= 4 is 34.5 Å². The molecule has 0 saturated carbocycles. The topological polar surface area (TPSA) is 78.9 Å². The summed E-state index contributed by atoms with van der Waals surface area (Å²) in [5.74, 6) is -1.78. The van der Waals surface area contributed by atoms with Crippen LogP contribution in [0.2, 0.25) is 5.02 Å². The van der Waals surface area contributed by atoms with Crippen LogP contribution in [0.4, 0.5) is 14.5 Å². The van der Waals surface area contributed by atoms with E-state index in [4.69, 9.17) is 22.6 Å². The molecule has 3 aromatic rings. The predicted molar refractivity (Wildman–Crippen MR) is 115 cm³/mol. The van der Waals surface area contributed by atoms with Crippen molar-refractivity contribution in [1.82, 2.24) is 0 Å². The maximum absolute atomic E-state index is 13.9. The molecule has 2 atom stereocenters. The largest absolute Gasteiger partial charge is 0.326 e. The van der Waals surface area contributed by atoms with Gasteiger partial charge in [0.25, 0.3) is 0 Å². The van der Waals surface area contributed by atoms with Crippen LogP contribution in [0.15, 0.2) is 48.5 Å². The van der Waals surface area contributed by atoms with Gasteiger partial charge in [0.05, 0.1) is 10.6 Å². The molecule has 0 spiro atoms. The standard InChI is InChI=1S/C22H18ClF2N3OS/c1-12(22(29)28-15-4-5-17(24)16(23)10-15)8-19(27)21-7-6-20(30-21)13-2-3-14(11-26)18(25)9-13/h2-7,9-10,12,19H,8,27H2,1H3,(H,28,29)/t12-,19+/m1/s1. The van der Waals surface area contributed by atoms with Crippen LogP contribution in [0.3, 0.4) is 0 Å². The van der Waals surface area contributed by atoms with Crippen LogP contribution in [-0.2, 0) is 4.79 Å². The molecule has 0 saturated heterocycles. The summed E-state index contributed by atoms with van der Waals surface area (Å²) in [6.45, 7) is 1.75. The third-order valence-corrected chi connectivity index (χ3v) is 6.16. The summed E-state index contributed by atoms with van der Waals surface area (Å²) >= 11 is 7.15. The lowest BCUT2D eigenvalue weighted by molar-refractivity contribution is -0.119. The fourth-order valence-electron chi connectivity index (χ4n) is 2.91. The highest BCUT2D eigenvalue weighted by molar-refractivity contribution is 7.15. The molecular formula is C22H18ClF2N3OS. The van der Waals surface area contributed by atoms with E-state index in [1.54, 1.807) is 19.1 Å². The van der Waals surface area contributed by atoms with Crippen LogP contribution in [0.25, 0.3) is 10.4 Å². The first-order valence-electron chi connectivity index (χ1n) is 9.09. The Labute approximate surface area is 181 Å². The third kappa shape index (κ3) is 5.03. The molecule has 0 bridgehead atoms. The van der Waals surface area contributed by atoms with Crippen molar-refractivity contribution in [3.05, 3.63) is 75.6 Å². The summed E-state index contributed by atoms with van der Waals surface area (Å²) in [5, 5.41) is 11.5. The van der Waals surface area contributed by atoms with Crippen molar-refractivity contribution in [3.8, 4) is 16.5 Å². The Bertz CT molecular complexity index is 1130. The number of thiophene rings is 1. The summed E-state index contributed by atoms with van der Waals surface area (Å²) in [7, 11) is 0. The second-order valence-electron chi connectivity index (χ2n) is 6.87. The first-order chi connectivity index (χ1) is 14.3. The molecule has 4 nitrogen and oxygen atoms in total. The average molecular weight is 446 g/mol. The Hall–Kier alpha value is -2.79. The zero-order valence-corrected chi connectivity index (χ0v) is 17.5. The zero-order valence-electron chi connectivity index (χ0n) is 16.0. The van der Waals surface area contributed by atoms with Crippen molar-refractivity contribution in [2.75, 3.05) is 5.32 Å². The number of nitrogens with zero attached hydrogens (tertiary/aromatic N) is 1. The van der Waals surface area contributed by atoms with Gasteiger partial charge < -0.3 is 11.1 Å². The molecule has 3 N–H and O–H groups in total. The number of nitrogens with two attached hydrogens (primary N) is 1. The van der Waals surface area contributed by atoms with Crippen molar-refractivity contribution in [3.63, 3.8) is 0 Å². The van der Waals surface area contributed by atoms with E-state index in [0.717, 1.165) is 9.75 Å². The molecule has 1 amide bonds. The van der Waals surface area contributed by atoms with Crippen molar-refractivity contribution in [1.29, 1.82) is 5.26 Å². The van der Waals surface area contributed by atoms with Crippen LogP contribution in [-0.4, -0.2) is 5.91 Å². The maximum Gasteiger partial charge on any atom is 0.227 e. The van der Waals surface area contributed by atoms with E-state index in [9.17, 15) is 13.6 Å². The second kappa shape index (κ2) is 9.35. The summed E-state index contributed by atoms with van der Waals surface area (Å²) in [6, 6.07) is 13.5. The molecule has 0 unspecified atom stereocenters. The van der Waals surface area contributed by atoms with Crippen LogP contribution in [0.5, 0.6) is 0 Å². The van der Waals surface area contributed by atoms with E-state index in [1.165, 1.54) is 41.7 Å². The Kier molecular flexibility index (Phi) is 6.83. The number of carbonyl (C=O) groups excluding carboxylic acids is 1. The molecule has 0 radical (unpaired) electrons. The average Bonchev–Trinajstić information content (AvgIpc) is 3.21. The highest BCUT2D eigenvalue weighted by atomic mass is 35.5. The normalized spacial score (nSPS) is 12.8. The molecule has 0 aliphatic heterocycles. The van der Waals surface area contributed by atoms with Gasteiger partial charge in [-0.3, -0.25) is 4.79 Å². The Morgan fingerprint density at radius 2 is 1.97 bits per heavy atom. The zero-order chi connectivity index (χ0) is 21.8. The van der Waals surface area contributed by atoms with Gasteiger partial charge >= 0.3 is 0 Å². The van der Waals surface area contributed by atoms with Gasteiger partial charge in [0.1, 0.15) is 17.7 Å². The number of amides is 1. The lowest BCUT2D eigenvalue weighted by atomic mass is 10.0. The van der Waals surface area contributed by atoms with E-state index in [2.05, 4.69) is 5.32 Å². The molecule has 2 aromatic carbocycles. The van der Waals surface area contributed by atoms with Crippen molar-refractivity contribution < 1.29 is 13.6 Å². The van der Waals surface area contributed by atoms with E-state index in [-0.39, 0.29) is 22.5 Å². The minimum atomic E-state index is -0.569. The molecule has 1 aromatic heterocycles. The fraction of sp³-hybridized carbons (Fsp3) is 0.182. The van der Waals surface area contributed by atoms with E-state index in [1.807, 2.05) is 12.1 Å². The van der Waals surface area contributed by atoms with Gasteiger partial charge in [-0.25, -0.2) is 8.78 Å². The Morgan fingerprint density at radius 1 is 1.20 bits per heavy atom. The number of benzene rings is 2. The van der Waals surface area contributed by atoms with Gasteiger partial charge in [-0.15, -0.1) is 11.3 Å². The Balaban J connectivity index is 1.65. The lowest BCUT2D eigenvalue weighted by Gasteiger charge is -2.16. The lowest BCUT2D eigenvalue weighted by Crippen LogP contribution is -2.24. The quantitative estimate of drug-likeness (QED) is 0.497. The van der Waals surface area contributed by atoms with Gasteiger partial charge in [0, 0.05) is 27.4 Å². The number of rotatable bonds is 6. The second-order valence-corrected chi connectivity index (χ2v) is 8.39. The summed E-state index contributed by atoms with van der Waals surface area (Å²) < 4.78 is 27.1. The maximum atomic E-state index is 13.9.